The number of carbonyl (C=O) groups is 2. The van der Waals surface area contributed by atoms with Crippen molar-refractivity contribution < 1.29 is 14.3 Å². The maximum atomic E-state index is 12.0. The van der Waals surface area contributed by atoms with Crippen LogP contribution in [0.3, 0.4) is 0 Å². The Kier molecular flexibility index (Phi) is 4.13. The van der Waals surface area contributed by atoms with Crippen molar-refractivity contribution in [1.82, 2.24) is 5.32 Å². The molecule has 4 nitrogen and oxygen atoms in total. The van der Waals surface area contributed by atoms with Gasteiger partial charge in [-0.1, -0.05) is 12.5 Å². The summed E-state index contributed by atoms with van der Waals surface area (Å²) in [5, 5.41) is 4.99. The van der Waals surface area contributed by atoms with E-state index in [4.69, 9.17) is 4.74 Å². The van der Waals surface area contributed by atoms with Gasteiger partial charge in [0.2, 0.25) is 5.91 Å². The summed E-state index contributed by atoms with van der Waals surface area (Å²) in [4.78, 5) is 24.7. The smallest absolute Gasteiger partial charge is 0.220 e. The summed E-state index contributed by atoms with van der Waals surface area (Å²) in [5.74, 6) is 0.0487. The van der Waals surface area contributed by atoms with Crippen molar-refractivity contribution in [3.8, 4) is 0 Å². The molecule has 2 fully saturated rings. The third kappa shape index (κ3) is 2.64. The minimum Gasteiger partial charge on any atom is -0.381 e. The average molecular weight is 307 g/mol. The molecule has 114 valence electrons. The van der Waals surface area contributed by atoms with E-state index in [9.17, 15) is 9.59 Å². The molecule has 0 bridgehead atoms. The van der Waals surface area contributed by atoms with Crippen molar-refractivity contribution in [1.29, 1.82) is 0 Å². The van der Waals surface area contributed by atoms with Gasteiger partial charge >= 0.3 is 0 Å². The monoisotopic (exact) mass is 307 g/mol. The summed E-state index contributed by atoms with van der Waals surface area (Å²) >= 11 is 1.43. The highest BCUT2D eigenvalue weighted by Crippen LogP contribution is 2.57. The molecule has 3 rings (SSSR count). The number of carbonyl (C=O) groups excluding carboxylic acids is 2. The zero-order valence-electron chi connectivity index (χ0n) is 12.3. The van der Waals surface area contributed by atoms with Crippen molar-refractivity contribution in [2.24, 2.45) is 5.41 Å². The number of Topliss-reactive ketones (excluding diaryl/α,β-unsaturated/α-hetero) is 1. The van der Waals surface area contributed by atoms with E-state index in [-0.39, 0.29) is 29.6 Å². The van der Waals surface area contributed by atoms with Gasteiger partial charge < -0.3 is 10.1 Å². The number of thiophene rings is 1. The van der Waals surface area contributed by atoms with Crippen LogP contribution < -0.4 is 5.32 Å². The van der Waals surface area contributed by atoms with Crippen LogP contribution >= 0.6 is 11.3 Å². The molecule has 0 unspecified atom stereocenters. The van der Waals surface area contributed by atoms with Crippen LogP contribution in [0.15, 0.2) is 17.5 Å². The number of ether oxygens (including phenoxy) is 1. The Hall–Kier alpha value is -1.20. The second-order valence-corrected chi connectivity index (χ2v) is 7.02. The molecule has 1 heterocycles. The van der Waals surface area contributed by atoms with E-state index in [1.807, 2.05) is 17.5 Å². The summed E-state index contributed by atoms with van der Waals surface area (Å²) in [7, 11) is 1.75. The Morgan fingerprint density at radius 2 is 2.24 bits per heavy atom. The van der Waals surface area contributed by atoms with E-state index >= 15 is 0 Å². The van der Waals surface area contributed by atoms with Gasteiger partial charge in [-0.3, -0.25) is 9.59 Å². The first kappa shape index (κ1) is 14.7. The standard InChI is InChI=1S/C16H21NO3S/c1-20-14-10-13(16(14)7-3-8-16)17-15(19)6-5-11(18)12-4-2-9-21-12/h2,4,9,13-14H,3,5-8,10H2,1H3,(H,17,19)/t13-,14-/m1/s1. The molecular weight excluding hydrogens is 286 g/mol. The molecule has 0 aromatic carbocycles. The van der Waals surface area contributed by atoms with E-state index in [1.165, 1.54) is 17.8 Å². The van der Waals surface area contributed by atoms with Gasteiger partial charge in [0.1, 0.15) is 0 Å². The number of amides is 1. The summed E-state index contributed by atoms with van der Waals surface area (Å²) in [6, 6.07) is 3.90. The van der Waals surface area contributed by atoms with Crippen molar-refractivity contribution >= 4 is 23.0 Å². The van der Waals surface area contributed by atoms with Gasteiger partial charge in [-0.25, -0.2) is 0 Å². The van der Waals surface area contributed by atoms with Crippen LogP contribution in [0, 0.1) is 5.41 Å². The first-order valence-electron chi connectivity index (χ1n) is 7.54. The minimum absolute atomic E-state index is 0.00858. The molecule has 1 spiro atoms. The van der Waals surface area contributed by atoms with E-state index in [0.29, 0.717) is 12.5 Å². The number of ketones is 1. The fourth-order valence-electron chi connectivity index (χ4n) is 3.59. The zero-order valence-corrected chi connectivity index (χ0v) is 13.1. The molecule has 1 amide bonds. The number of hydrogen-bond donors (Lipinski definition) is 1. The lowest BCUT2D eigenvalue weighted by atomic mass is 9.51. The molecule has 5 heteroatoms. The number of rotatable bonds is 6. The van der Waals surface area contributed by atoms with Gasteiger partial charge in [0, 0.05) is 31.4 Å². The Labute approximate surface area is 128 Å². The second kappa shape index (κ2) is 5.89. The van der Waals surface area contributed by atoms with E-state index in [0.717, 1.165) is 24.1 Å². The van der Waals surface area contributed by atoms with Crippen LogP contribution in [0.25, 0.3) is 0 Å². The Morgan fingerprint density at radius 3 is 2.81 bits per heavy atom. The van der Waals surface area contributed by atoms with Gasteiger partial charge in [-0.15, -0.1) is 11.3 Å². The molecule has 2 atom stereocenters. The minimum atomic E-state index is -0.00858. The van der Waals surface area contributed by atoms with Crippen LogP contribution in [0.1, 0.15) is 48.2 Å². The normalized spacial score (nSPS) is 26.0. The van der Waals surface area contributed by atoms with Gasteiger partial charge in [-0.2, -0.15) is 0 Å². The lowest BCUT2D eigenvalue weighted by Gasteiger charge is -2.60. The number of nitrogens with one attached hydrogen (secondary N) is 1. The molecule has 1 N–H and O–H groups in total. The highest BCUT2D eigenvalue weighted by atomic mass is 32.1. The SMILES string of the molecule is CO[C@@H]1C[C@@H](NC(=O)CCC(=O)c2cccs2)C12CCC2. The predicted molar refractivity (Wildman–Crippen MR) is 81.5 cm³/mol. The van der Waals surface area contributed by atoms with Crippen molar-refractivity contribution in [3.05, 3.63) is 22.4 Å². The third-order valence-corrected chi connectivity index (χ3v) is 5.98. The number of methoxy groups -OCH3 is 1. The van der Waals surface area contributed by atoms with Crippen LogP contribution in [-0.4, -0.2) is 30.9 Å². The maximum Gasteiger partial charge on any atom is 0.220 e. The van der Waals surface area contributed by atoms with E-state index in [1.54, 1.807) is 7.11 Å². The fourth-order valence-corrected chi connectivity index (χ4v) is 4.28. The Morgan fingerprint density at radius 1 is 1.43 bits per heavy atom. The van der Waals surface area contributed by atoms with Crippen molar-refractivity contribution in [2.75, 3.05) is 7.11 Å². The quantitative estimate of drug-likeness (QED) is 0.822. The van der Waals surface area contributed by atoms with Gasteiger partial charge in [0.15, 0.2) is 5.78 Å². The molecule has 21 heavy (non-hydrogen) atoms. The fraction of sp³-hybridized carbons (Fsp3) is 0.625. The molecule has 1 aromatic rings. The van der Waals surface area contributed by atoms with Crippen LogP contribution in [0.4, 0.5) is 0 Å². The average Bonchev–Trinajstić information content (AvgIpc) is 2.92. The van der Waals surface area contributed by atoms with Gasteiger partial charge in [-0.05, 0) is 30.7 Å². The molecule has 2 aliphatic carbocycles. The molecule has 2 aliphatic rings. The van der Waals surface area contributed by atoms with Crippen LogP contribution in [0.5, 0.6) is 0 Å². The van der Waals surface area contributed by atoms with Crippen LogP contribution in [0.2, 0.25) is 0 Å². The molecule has 0 radical (unpaired) electrons. The molecule has 0 aliphatic heterocycles. The maximum absolute atomic E-state index is 12.0. The first-order valence-corrected chi connectivity index (χ1v) is 8.42. The number of hydrogen-bond acceptors (Lipinski definition) is 4. The topological polar surface area (TPSA) is 55.4 Å². The molecule has 0 saturated heterocycles. The molecule has 1 aromatic heterocycles. The van der Waals surface area contributed by atoms with E-state index in [2.05, 4.69) is 5.32 Å². The van der Waals surface area contributed by atoms with E-state index < -0.39 is 0 Å². The summed E-state index contributed by atoms with van der Waals surface area (Å²) < 4.78 is 5.50. The molecular formula is C16H21NO3S. The highest BCUT2D eigenvalue weighted by molar-refractivity contribution is 7.12. The predicted octanol–water partition coefficient (Wildman–Crippen LogP) is 2.78. The first-order chi connectivity index (χ1) is 10.2. The summed E-state index contributed by atoms with van der Waals surface area (Å²) in [5.41, 5.74) is 0.183. The Bertz CT molecular complexity index is 522. The molecule has 2 saturated carbocycles. The highest BCUT2D eigenvalue weighted by Gasteiger charge is 2.59. The Balaban J connectivity index is 1.46. The van der Waals surface area contributed by atoms with Gasteiger partial charge in [0.05, 0.1) is 11.0 Å². The lowest BCUT2D eigenvalue weighted by molar-refractivity contribution is -0.166. The third-order valence-electron chi connectivity index (χ3n) is 5.06. The van der Waals surface area contributed by atoms with Gasteiger partial charge in [0.25, 0.3) is 0 Å². The summed E-state index contributed by atoms with van der Waals surface area (Å²) in [6.07, 6.45) is 5.28. The van der Waals surface area contributed by atoms with Crippen LogP contribution in [-0.2, 0) is 9.53 Å². The van der Waals surface area contributed by atoms with Crippen molar-refractivity contribution in [3.63, 3.8) is 0 Å². The summed E-state index contributed by atoms with van der Waals surface area (Å²) in [6.45, 7) is 0. The van der Waals surface area contributed by atoms with Crippen molar-refractivity contribution in [2.45, 2.75) is 50.7 Å². The lowest BCUT2D eigenvalue weighted by Crippen LogP contribution is -2.67. The zero-order chi connectivity index (χ0) is 14.9. The second-order valence-electron chi connectivity index (χ2n) is 6.07. The largest absolute Gasteiger partial charge is 0.381 e.